The molecule has 1 aliphatic carbocycles. The number of benzene rings is 1. The number of fused-ring (bicyclic) bond motifs is 1. The van der Waals surface area contributed by atoms with Crippen LogP contribution in [0, 0.1) is 11.3 Å². The largest absolute Gasteiger partial charge is 0.347 e. The lowest BCUT2D eigenvalue weighted by molar-refractivity contribution is -0.133. The van der Waals surface area contributed by atoms with Crippen molar-refractivity contribution in [2.75, 3.05) is 37.3 Å². The van der Waals surface area contributed by atoms with E-state index in [4.69, 9.17) is 0 Å². The average Bonchev–Trinajstić information content (AvgIpc) is 3.31. The molecule has 36 heavy (non-hydrogen) atoms. The molecule has 4 rings (SSSR count). The van der Waals surface area contributed by atoms with Gasteiger partial charge in [-0.05, 0) is 61.1 Å². The second-order valence-electron chi connectivity index (χ2n) is 9.63. The minimum atomic E-state index is -0.622. The second kappa shape index (κ2) is 10.8. The van der Waals surface area contributed by atoms with Gasteiger partial charge in [-0.15, -0.1) is 0 Å². The highest BCUT2D eigenvalue weighted by molar-refractivity contribution is 5.96. The lowest BCUT2D eigenvalue weighted by atomic mass is 9.79. The maximum atomic E-state index is 12.8. The Hall–Kier alpha value is -3.95. The fourth-order valence-electron chi connectivity index (χ4n) is 4.71. The summed E-state index contributed by atoms with van der Waals surface area (Å²) in [5.41, 5.74) is 2.11. The first-order chi connectivity index (χ1) is 17.3. The van der Waals surface area contributed by atoms with E-state index in [0.29, 0.717) is 50.3 Å². The second-order valence-corrected chi connectivity index (χ2v) is 9.63. The Balaban J connectivity index is 1.25. The van der Waals surface area contributed by atoms with Crippen molar-refractivity contribution in [3.63, 3.8) is 0 Å². The van der Waals surface area contributed by atoms with Gasteiger partial charge in [0.15, 0.2) is 0 Å². The number of urea groups is 1. The van der Waals surface area contributed by atoms with Gasteiger partial charge in [-0.3, -0.25) is 14.4 Å². The lowest BCUT2D eigenvalue weighted by Gasteiger charge is -2.37. The summed E-state index contributed by atoms with van der Waals surface area (Å²) in [4.78, 5) is 55.5. The van der Waals surface area contributed by atoms with Gasteiger partial charge in [-0.25, -0.2) is 9.78 Å². The van der Waals surface area contributed by atoms with Crippen LogP contribution in [0.15, 0.2) is 42.6 Å². The summed E-state index contributed by atoms with van der Waals surface area (Å²) in [6, 6.07) is 10.8. The molecule has 1 fully saturated rings. The fraction of sp³-hybridized carbons (Fsp3) is 0.423. The molecule has 0 unspecified atom stereocenters. The van der Waals surface area contributed by atoms with Gasteiger partial charge in [0.05, 0.1) is 6.54 Å². The molecule has 1 aliphatic heterocycles. The number of carbonyl (C=O) groups excluding carboxylic acids is 4. The SMILES string of the molecule is CNC(=O)N1CCC(C)(C(=O)NCC(=O)Nc2ccc3c(c2)C[C@H](C(=O)Nc2ccccn2)C3)CC1. The van der Waals surface area contributed by atoms with Crippen LogP contribution in [0.1, 0.15) is 30.9 Å². The molecule has 10 heteroatoms. The Morgan fingerprint density at radius 2 is 1.78 bits per heavy atom. The molecule has 1 aromatic heterocycles. The first-order valence-corrected chi connectivity index (χ1v) is 12.2. The molecule has 2 heterocycles. The number of nitrogens with one attached hydrogen (secondary N) is 4. The van der Waals surface area contributed by atoms with Crippen molar-refractivity contribution in [1.82, 2.24) is 20.5 Å². The fourth-order valence-corrected chi connectivity index (χ4v) is 4.71. The standard InChI is InChI=1S/C26H32N6O4/c1-26(8-11-32(12-9-26)25(36)27-2)24(35)29-16-22(33)30-20-7-6-17-13-19(14-18(17)15-20)23(34)31-21-5-3-4-10-28-21/h3-7,10,15,19H,8-9,11-14,16H2,1-2H3,(H,27,36)(H,29,35)(H,30,33)(H,28,31,34)/t19-/m1/s1. The molecule has 0 radical (unpaired) electrons. The van der Waals surface area contributed by atoms with Crippen LogP contribution in [0.4, 0.5) is 16.3 Å². The van der Waals surface area contributed by atoms with E-state index in [-0.39, 0.29) is 36.2 Å². The third-order valence-corrected chi connectivity index (χ3v) is 7.04. The summed E-state index contributed by atoms with van der Waals surface area (Å²) in [6.45, 7) is 2.71. The normalized spacial score (nSPS) is 18.1. The lowest BCUT2D eigenvalue weighted by Crippen LogP contribution is -2.51. The smallest absolute Gasteiger partial charge is 0.317 e. The molecule has 0 spiro atoms. The Morgan fingerprint density at radius 1 is 1.03 bits per heavy atom. The van der Waals surface area contributed by atoms with Crippen LogP contribution in [-0.2, 0) is 27.2 Å². The van der Waals surface area contributed by atoms with Crippen LogP contribution >= 0.6 is 0 Å². The first kappa shape index (κ1) is 25.2. The molecule has 190 valence electrons. The molecule has 4 N–H and O–H groups in total. The number of aromatic nitrogens is 1. The Bertz CT molecular complexity index is 1140. The maximum absolute atomic E-state index is 12.8. The summed E-state index contributed by atoms with van der Waals surface area (Å²) in [5, 5.41) is 11.0. The van der Waals surface area contributed by atoms with Crippen LogP contribution in [-0.4, -0.2) is 60.3 Å². The number of pyridine rings is 1. The zero-order valence-electron chi connectivity index (χ0n) is 20.6. The van der Waals surface area contributed by atoms with Crippen LogP contribution in [0.5, 0.6) is 0 Å². The third kappa shape index (κ3) is 5.81. The third-order valence-electron chi connectivity index (χ3n) is 7.04. The van der Waals surface area contributed by atoms with E-state index in [1.807, 2.05) is 31.2 Å². The monoisotopic (exact) mass is 492 g/mol. The van der Waals surface area contributed by atoms with Crippen molar-refractivity contribution in [1.29, 1.82) is 0 Å². The number of rotatable bonds is 6. The van der Waals surface area contributed by atoms with Crippen molar-refractivity contribution in [2.24, 2.45) is 11.3 Å². The summed E-state index contributed by atoms with van der Waals surface area (Å²) in [7, 11) is 1.58. The number of hydrogen-bond acceptors (Lipinski definition) is 5. The summed E-state index contributed by atoms with van der Waals surface area (Å²) in [6.07, 6.45) is 3.92. The van der Waals surface area contributed by atoms with E-state index in [2.05, 4.69) is 26.3 Å². The van der Waals surface area contributed by atoms with E-state index in [0.717, 1.165) is 11.1 Å². The van der Waals surface area contributed by atoms with E-state index < -0.39 is 5.41 Å². The molecule has 1 aromatic carbocycles. The summed E-state index contributed by atoms with van der Waals surface area (Å²) >= 11 is 0. The van der Waals surface area contributed by atoms with Gasteiger partial charge in [0.1, 0.15) is 5.82 Å². The number of carbonyl (C=O) groups is 4. The maximum Gasteiger partial charge on any atom is 0.317 e. The van der Waals surface area contributed by atoms with Gasteiger partial charge in [-0.1, -0.05) is 19.1 Å². The Kier molecular flexibility index (Phi) is 7.52. The van der Waals surface area contributed by atoms with E-state index in [1.165, 1.54) is 0 Å². The van der Waals surface area contributed by atoms with Crippen molar-refractivity contribution in [2.45, 2.75) is 32.6 Å². The van der Waals surface area contributed by atoms with E-state index in [1.54, 1.807) is 30.3 Å². The first-order valence-electron chi connectivity index (χ1n) is 12.2. The predicted octanol–water partition coefficient (Wildman–Crippen LogP) is 1.93. The van der Waals surface area contributed by atoms with Gasteiger partial charge < -0.3 is 26.2 Å². The van der Waals surface area contributed by atoms with Gasteiger partial charge >= 0.3 is 6.03 Å². The summed E-state index contributed by atoms with van der Waals surface area (Å²) in [5.74, 6) is -0.253. The number of piperidine rings is 1. The number of anilines is 2. The average molecular weight is 493 g/mol. The zero-order chi connectivity index (χ0) is 25.7. The molecule has 1 saturated heterocycles. The van der Waals surface area contributed by atoms with E-state index in [9.17, 15) is 19.2 Å². The van der Waals surface area contributed by atoms with Crippen molar-refractivity contribution >= 4 is 35.3 Å². The number of likely N-dealkylation sites (tertiary alicyclic amines) is 1. The molecule has 1 atom stereocenters. The predicted molar refractivity (Wildman–Crippen MR) is 135 cm³/mol. The van der Waals surface area contributed by atoms with Gasteiger partial charge in [-0.2, -0.15) is 0 Å². The van der Waals surface area contributed by atoms with E-state index >= 15 is 0 Å². The molecule has 2 aliphatic rings. The molecule has 5 amide bonds. The number of hydrogen-bond donors (Lipinski definition) is 4. The number of nitrogens with zero attached hydrogens (tertiary/aromatic N) is 2. The highest BCUT2D eigenvalue weighted by Crippen LogP contribution is 2.31. The van der Waals surface area contributed by atoms with Crippen molar-refractivity contribution in [3.8, 4) is 0 Å². The van der Waals surface area contributed by atoms with Crippen molar-refractivity contribution in [3.05, 3.63) is 53.7 Å². The minimum Gasteiger partial charge on any atom is -0.347 e. The van der Waals surface area contributed by atoms with Crippen LogP contribution in [0.2, 0.25) is 0 Å². The highest BCUT2D eigenvalue weighted by atomic mass is 16.2. The molecule has 10 nitrogen and oxygen atoms in total. The van der Waals surface area contributed by atoms with Crippen LogP contribution in [0.25, 0.3) is 0 Å². The molecule has 0 saturated carbocycles. The highest BCUT2D eigenvalue weighted by Gasteiger charge is 2.38. The Morgan fingerprint density at radius 3 is 2.47 bits per heavy atom. The topological polar surface area (TPSA) is 133 Å². The van der Waals surface area contributed by atoms with Gasteiger partial charge in [0.25, 0.3) is 0 Å². The Labute approximate surface area is 210 Å². The molecular formula is C26H32N6O4. The van der Waals surface area contributed by atoms with Crippen LogP contribution in [0.3, 0.4) is 0 Å². The zero-order valence-corrected chi connectivity index (χ0v) is 20.6. The quantitative estimate of drug-likeness (QED) is 0.489. The van der Waals surface area contributed by atoms with Crippen LogP contribution < -0.4 is 21.3 Å². The van der Waals surface area contributed by atoms with Crippen molar-refractivity contribution < 1.29 is 19.2 Å². The number of amides is 5. The minimum absolute atomic E-state index is 0.0761. The molecule has 2 aromatic rings. The van der Waals surface area contributed by atoms with Gasteiger partial charge in [0.2, 0.25) is 17.7 Å². The molecule has 0 bridgehead atoms. The molecular weight excluding hydrogens is 460 g/mol. The summed E-state index contributed by atoms with van der Waals surface area (Å²) < 4.78 is 0. The van der Waals surface area contributed by atoms with Gasteiger partial charge in [0, 0.05) is 43.4 Å².